The number of hydrogen-bond acceptors (Lipinski definition) is 5. The molecule has 2 aromatic carbocycles. The average molecular weight is 411 g/mol. The van der Waals surface area contributed by atoms with Crippen LogP contribution in [0, 0.1) is 0 Å². The van der Waals surface area contributed by atoms with Crippen molar-refractivity contribution >= 4 is 16.8 Å². The molecule has 1 heterocycles. The Morgan fingerprint density at radius 3 is 2.43 bits per heavy atom. The number of fused-ring (bicyclic) bond motifs is 1. The number of nitrogens with one attached hydrogen (secondary N) is 1. The van der Waals surface area contributed by atoms with Crippen LogP contribution in [-0.4, -0.2) is 35.3 Å². The van der Waals surface area contributed by atoms with E-state index in [0.29, 0.717) is 28.1 Å². The van der Waals surface area contributed by atoms with Gasteiger partial charge in [-0.1, -0.05) is 19.1 Å². The predicted octanol–water partition coefficient (Wildman–Crippen LogP) is 2.08. The Kier molecular flexibility index (Phi) is 6.25. The molecule has 1 atom stereocenters. The van der Waals surface area contributed by atoms with Crippen LogP contribution in [0.5, 0.6) is 11.5 Å². The first-order valence-corrected chi connectivity index (χ1v) is 9.67. The molecule has 0 spiro atoms. The zero-order valence-electron chi connectivity index (χ0n) is 17.5. The van der Waals surface area contributed by atoms with Crippen molar-refractivity contribution in [1.29, 1.82) is 0 Å². The molecule has 0 saturated carbocycles. The molecule has 0 aliphatic rings. The summed E-state index contributed by atoms with van der Waals surface area (Å²) in [6, 6.07) is 11.5. The lowest BCUT2D eigenvalue weighted by atomic mass is 10.2. The normalized spacial score (nSPS) is 11.9. The van der Waals surface area contributed by atoms with Gasteiger partial charge >= 0.3 is 5.69 Å². The highest BCUT2D eigenvalue weighted by atomic mass is 16.5. The molecule has 1 amide bonds. The molecule has 0 fully saturated rings. The first-order chi connectivity index (χ1) is 14.4. The van der Waals surface area contributed by atoms with E-state index in [1.807, 2.05) is 13.8 Å². The van der Waals surface area contributed by atoms with E-state index >= 15 is 0 Å². The van der Waals surface area contributed by atoms with E-state index in [0.717, 1.165) is 11.0 Å². The lowest BCUT2D eigenvalue weighted by Crippen LogP contribution is -2.43. The predicted molar refractivity (Wildman–Crippen MR) is 115 cm³/mol. The average Bonchev–Trinajstić information content (AvgIpc) is 2.76. The molecule has 3 rings (SSSR count). The molecular formula is C22H25N3O5. The highest BCUT2D eigenvalue weighted by Gasteiger charge is 2.18. The van der Waals surface area contributed by atoms with Crippen LogP contribution in [0.1, 0.15) is 20.3 Å². The van der Waals surface area contributed by atoms with Gasteiger partial charge in [0.2, 0.25) is 5.91 Å². The molecular weight excluding hydrogens is 386 g/mol. The Hall–Kier alpha value is -3.55. The monoisotopic (exact) mass is 411 g/mol. The third kappa shape index (κ3) is 3.94. The van der Waals surface area contributed by atoms with Crippen LogP contribution in [0.25, 0.3) is 16.6 Å². The second kappa shape index (κ2) is 8.86. The van der Waals surface area contributed by atoms with Gasteiger partial charge in [-0.25, -0.2) is 9.36 Å². The van der Waals surface area contributed by atoms with Gasteiger partial charge in [0.25, 0.3) is 5.56 Å². The zero-order chi connectivity index (χ0) is 21.8. The Bertz CT molecular complexity index is 1200. The van der Waals surface area contributed by atoms with Gasteiger partial charge in [-0.3, -0.25) is 14.2 Å². The number of ether oxygens (including phenoxy) is 2. The molecule has 0 aliphatic heterocycles. The van der Waals surface area contributed by atoms with E-state index in [-0.39, 0.29) is 18.5 Å². The summed E-state index contributed by atoms with van der Waals surface area (Å²) >= 11 is 0. The minimum absolute atomic E-state index is 0.0174. The van der Waals surface area contributed by atoms with Crippen LogP contribution >= 0.6 is 0 Å². The van der Waals surface area contributed by atoms with Crippen LogP contribution in [0.15, 0.2) is 52.1 Å². The molecule has 0 unspecified atom stereocenters. The topological polar surface area (TPSA) is 91.6 Å². The Balaban J connectivity index is 2.23. The number of para-hydroxylation sites is 1. The molecule has 30 heavy (non-hydrogen) atoms. The lowest BCUT2D eigenvalue weighted by molar-refractivity contribution is -0.122. The highest BCUT2D eigenvalue weighted by Crippen LogP contribution is 2.28. The summed E-state index contributed by atoms with van der Waals surface area (Å²) in [6.07, 6.45) is 0.770. The fourth-order valence-corrected chi connectivity index (χ4v) is 3.23. The summed E-state index contributed by atoms with van der Waals surface area (Å²) in [5.41, 5.74) is -0.348. The summed E-state index contributed by atoms with van der Waals surface area (Å²) in [5, 5.41) is 3.19. The molecule has 158 valence electrons. The van der Waals surface area contributed by atoms with Gasteiger partial charge < -0.3 is 14.8 Å². The molecule has 0 bridgehead atoms. The number of nitrogens with zero attached hydrogens (tertiary/aromatic N) is 2. The number of aromatic nitrogens is 2. The van der Waals surface area contributed by atoms with E-state index in [1.54, 1.807) is 42.5 Å². The van der Waals surface area contributed by atoms with E-state index < -0.39 is 11.2 Å². The summed E-state index contributed by atoms with van der Waals surface area (Å²) in [6.45, 7) is 3.66. The fraction of sp³-hybridized carbons (Fsp3) is 0.318. The van der Waals surface area contributed by atoms with Gasteiger partial charge in [0, 0.05) is 12.1 Å². The van der Waals surface area contributed by atoms with Crippen molar-refractivity contribution < 1.29 is 14.3 Å². The summed E-state index contributed by atoms with van der Waals surface area (Å²) in [5.74, 6) is 0.563. The van der Waals surface area contributed by atoms with E-state index in [2.05, 4.69) is 5.32 Å². The van der Waals surface area contributed by atoms with Crippen molar-refractivity contribution in [2.24, 2.45) is 0 Å². The summed E-state index contributed by atoms with van der Waals surface area (Å²) in [7, 11) is 2.98. The summed E-state index contributed by atoms with van der Waals surface area (Å²) in [4.78, 5) is 39.0. The van der Waals surface area contributed by atoms with E-state index in [1.165, 1.54) is 18.8 Å². The maximum absolute atomic E-state index is 13.3. The summed E-state index contributed by atoms with van der Waals surface area (Å²) < 4.78 is 12.9. The highest BCUT2D eigenvalue weighted by molar-refractivity contribution is 5.82. The second-order valence-electron chi connectivity index (χ2n) is 6.94. The number of carbonyl (C=O) groups is 1. The van der Waals surface area contributed by atoms with Gasteiger partial charge in [0.15, 0.2) is 11.5 Å². The second-order valence-corrected chi connectivity index (χ2v) is 6.94. The van der Waals surface area contributed by atoms with Crippen molar-refractivity contribution in [3.05, 3.63) is 63.3 Å². The minimum Gasteiger partial charge on any atom is -0.493 e. The quantitative estimate of drug-likeness (QED) is 0.643. The van der Waals surface area contributed by atoms with Crippen molar-refractivity contribution in [3.8, 4) is 17.2 Å². The molecule has 0 radical (unpaired) electrons. The molecule has 8 nitrogen and oxygen atoms in total. The third-order valence-electron chi connectivity index (χ3n) is 5.00. The maximum Gasteiger partial charge on any atom is 0.336 e. The molecule has 3 aromatic rings. The first kappa shape index (κ1) is 21.2. The smallest absolute Gasteiger partial charge is 0.336 e. The third-order valence-corrected chi connectivity index (χ3v) is 5.00. The number of rotatable bonds is 7. The lowest BCUT2D eigenvalue weighted by Gasteiger charge is -2.16. The standard InChI is InChI=1S/C22H25N3O5/c1-5-14(2)23-20(26)13-24-17-9-7-6-8-16(17)21(27)25(22(24)28)15-10-11-18(29-3)19(12-15)30-4/h6-12,14H,5,13H2,1-4H3,(H,23,26)/t14-/m1/s1. The fourth-order valence-electron chi connectivity index (χ4n) is 3.23. The maximum atomic E-state index is 13.3. The van der Waals surface area contributed by atoms with Crippen molar-refractivity contribution in [2.75, 3.05) is 14.2 Å². The van der Waals surface area contributed by atoms with E-state index in [4.69, 9.17) is 9.47 Å². The van der Waals surface area contributed by atoms with Crippen LogP contribution < -0.4 is 26.0 Å². The largest absolute Gasteiger partial charge is 0.493 e. The van der Waals surface area contributed by atoms with Gasteiger partial charge in [0.05, 0.1) is 30.8 Å². The van der Waals surface area contributed by atoms with Crippen molar-refractivity contribution in [2.45, 2.75) is 32.9 Å². The Morgan fingerprint density at radius 2 is 1.77 bits per heavy atom. The first-order valence-electron chi connectivity index (χ1n) is 9.67. The molecule has 8 heteroatoms. The van der Waals surface area contributed by atoms with Crippen LogP contribution in [0.2, 0.25) is 0 Å². The van der Waals surface area contributed by atoms with Crippen molar-refractivity contribution in [3.63, 3.8) is 0 Å². The Morgan fingerprint density at radius 1 is 1.07 bits per heavy atom. The van der Waals surface area contributed by atoms with Crippen molar-refractivity contribution in [1.82, 2.24) is 14.5 Å². The van der Waals surface area contributed by atoms with Gasteiger partial charge in [-0.05, 0) is 37.6 Å². The van der Waals surface area contributed by atoms with Gasteiger partial charge in [-0.15, -0.1) is 0 Å². The number of carbonyl (C=O) groups excluding carboxylic acids is 1. The van der Waals surface area contributed by atoms with Crippen LogP contribution in [-0.2, 0) is 11.3 Å². The van der Waals surface area contributed by atoms with Gasteiger partial charge in [0.1, 0.15) is 6.54 Å². The number of hydrogen-bond donors (Lipinski definition) is 1. The molecule has 1 aromatic heterocycles. The Labute approximate surface area is 173 Å². The molecule has 1 N–H and O–H groups in total. The molecule has 0 saturated heterocycles. The van der Waals surface area contributed by atoms with Crippen LogP contribution in [0.4, 0.5) is 0 Å². The van der Waals surface area contributed by atoms with Gasteiger partial charge in [-0.2, -0.15) is 0 Å². The number of methoxy groups -OCH3 is 2. The minimum atomic E-state index is -0.606. The zero-order valence-corrected chi connectivity index (χ0v) is 17.5. The van der Waals surface area contributed by atoms with E-state index in [9.17, 15) is 14.4 Å². The number of amides is 1. The van der Waals surface area contributed by atoms with Crippen LogP contribution in [0.3, 0.4) is 0 Å². The molecule has 0 aliphatic carbocycles. The number of benzene rings is 2. The SMILES string of the molecule is CC[C@@H](C)NC(=O)Cn1c(=O)n(-c2ccc(OC)c(OC)c2)c(=O)c2ccccc21.